The molecule has 1 aliphatic rings. The van der Waals surface area contributed by atoms with Crippen LogP contribution in [0.25, 0.3) is 0 Å². The van der Waals surface area contributed by atoms with E-state index in [0.717, 1.165) is 18.0 Å². The third kappa shape index (κ3) is 2.62. The molecule has 3 heteroatoms. The molecular formula is C12H16INO. The third-order valence-electron chi connectivity index (χ3n) is 3.20. The van der Waals surface area contributed by atoms with Crippen molar-refractivity contribution in [3.05, 3.63) is 31.8 Å². The molecule has 2 nitrogen and oxygen atoms in total. The number of pyridine rings is 1. The summed E-state index contributed by atoms with van der Waals surface area (Å²) in [5, 5.41) is 0. The van der Waals surface area contributed by atoms with Gasteiger partial charge in [0.05, 0.1) is 0 Å². The highest BCUT2D eigenvalue weighted by atomic mass is 127. The molecular weight excluding hydrogens is 301 g/mol. The first-order valence-electron chi connectivity index (χ1n) is 5.53. The lowest BCUT2D eigenvalue weighted by molar-refractivity contribution is 0.448. The molecule has 1 aromatic heterocycles. The van der Waals surface area contributed by atoms with E-state index in [2.05, 4.69) is 22.6 Å². The molecule has 0 spiro atoms. The van der Waals surface area contributed by atoms with Gasteiger partial charge in [-0.3, -0.25) is 4.79 Å². The van der Waals surface area contributed by atoms with Gasteiger partial charge in [0, 0.05) is 22.4 Å². The molecule has 0 saturated heterocycles. The Morgan fingerprint density at radius 1 is 1.47 bits per heavy atom. The summed E-state index contributed by atoms with van der Waals surface area (Å²) in [5.74, 6) is 0.723. The quantitative estimate of drug-likeness (QED) is 0.769. The predicted molar refractivity (Wildman–Crippen MR) is 70.1 cm³/mol. The van der Waals surface area contributed by atoms with E-state index in [0.29, 0.717) is 0 Å². The molecule has 1 fully saturated rings. The second kappa shape index (κ2) is 4.68. The van der Waals surface area contributed by atoms with Crippen molar-refractivity contribution < 1.29 is 0 Å². The van der Waals surface area contributed by atoms with Crippen LogP contribution in [0.4, 0.5) is 0 Å². The van der Waals surface area contributed by atoms with Gasteiger partial charge in [0.1, 0.15) is 0 Å². The van der Waals surface area contributed by atoms with Crippen molar-refractivity contribution in [3.63, 3.8) is 0 Å². The Bertz CT molecular complexity index is 405. The van der Waals surface area contributed by atoms with Gasteiger partial charge in [-0.1, -0.05) is 12.8 Å². The third-order valence-corrected chi connectivity index (χ3v) is 4.33. The maximum Gasteiger partial charge on any atom is 0.250 e. The Kier molecular flexibility index (Phi) is 3.49. The van der Waals surface area contributed by atoms with Crippen molar-refractivity contribution >= 4 is 22.6 Å². The SMILES string of the molecule is Cc1cc(=O)n(CC2CCCC2)cc1I. The second-order valence-corrected chi connectivity index (χ2v) is 5.61. The fourth-order valence-corrected chi connectivity index (χ4v) is 2.75. The van der Waals surface area contributed by atoms with Crippen LogP contribution in [0, 0.1) is 16.4 Å². The summed E-state index contributed by atoms with van der Waals surface area (Å²) in [6.07, 6.45) is 7.25. The molecule has 0 amide bonds. The van der Waals surface area contributed by atoms with Crippen LogP contribution in [0.15, 0.2) is 17.1 Å². The fourth-order valence-electron chi connectivity index (χ4n) is 2.25. The largest absolute Gasteiger partial charge is 0.314 e. The van der Waals surface area contributed by atoms with Crippen molar-refractivity contribution in [2.24, 2.45) is 5.92 Å². The van der Waals surface area contributed by atoms with E-state index in [-0.39, 0.29) is 5.56 Å². The lowest BCUT2D eigenvalue weighted by Crippen LogP contribution is -2.23. The standard InChI is InChI=1S/C12H16INO/c1-9-6-12(15)14(8-11(9)13)7-10-4-2-3-5-10/h6,8,10H,2-5,7H2,1H3. The minimum atomic E-state index is 0.153. The predicted octanol–water partition coefficient (Wildman–Crippen LogP) is 2.95. The van der Waals surface area contributed by atoms with Crippen LogP contribution in [-0.4, -0.2) is 4.57 Å². The summed E-state index contributed by atoms with van der Waals surface area (Å²) in [4.78, 5) is 11.7. The molecule has 0 atom stereocenters. The average Bonchev–Trinajstić information content (AvgIpc) is 2.67. The van der Waals surface area contributed by atoms with Gasteiger partial charge in [0.2, 0.25) is 0 Å². The summed E-state index contributed by atoms with van der Waals surface area (Å²) >= 11 is 2.29. The Labute approximate surface area is 104 Å². The zero-order valence-electron chi connectivity index (χ0n) is 9.00. The summed E-state index contributed by atoms with van der Waals surface area (Å²) in [6, 6.07) is 1.75. The normalized spacial score (nSPS) is 17.2. The van der Waals surface area contributed by atoms with Crippen molar-refractivity contribution in [3.8, 4) is 0 Å². The summed E-state index contributed by atoms with van der Waals surface area (Å²) < 4.78 is 3.07. The molecule has 82 valence electrons. The van der Waals surface area contributed by atoms with E-state index in [4.69, 9.17) is 0 Å². The van der Waals surface area contributed by atoms with E-state index in [1.807, 2.05) is 17.7 Å². The van der Waals surface area contributed by atoms with Crippen LogP contribution < -0.4 is 5.56 Å². The topological polar surface area (TPSA) is 22.0 Å². The molecule has 1 heterocycles. The number of nitrogens with zero attached hydrogens (tertiary/aromatic N) is 1. The van der Waals surface area contributed by atoms with Crippen molar-refractivity contribution in [1.29, 1.82) is 0 Å². The molecule has 0 radical (unpaired) electrons. The number of rotatable bonds is 2. The first-order chi connectivity index (χ1) is 7.16. The smallest absolute Gasteiger partial charge is 0.250 e. The lowest BCUT2D eigenvalue weighted by atomic mass is 10.1. The molecule has 0 unspecified atom stereocenters. The molecule has 15 heavy (non-hydrogen) atoms. The van der Waals surface area contributed by atoms with Crippen LogP contribution in [0.5, 0.6) is 0 Å². The van der Waals surface area contributed by atoms with Gasteiger partial charge in [-0.2, -0.15) is 0 Å². The molecule has 0 aliphatic heterocycles. The monoisotopic (exact) mass is 317 g/mol. The summed E-state index contributed by atoms with van der Waals surface area (Å²) in [6.45, 7) is 2.90. The highest BCUT2D eigenvalue weighted by molar-refractivity contribution is 14.1. The van der Waals surface area contributed by atoms with Gasteiger partial charge in [-0.15, -0.1) is 0 Å². The van der Waals surface area contributed by atoms with Crippen molar-refractivity contribution in [2.75, 3.05) is 0 Å². The zero-order valence-corrected chi connectivity index (χ0v) is 11.2. The molecule has 0 bridgehead atoms. The second-order valence-electron chi connectivity index (χ2n) is 4.45. The van der Waals surface area contributed by atoms with E-state index in [1.54, 1.807) is 6.07 Å². The van der Waals surface area contributed by atoms with Crippen LogP contribution in [0.1, 0.15) is 31.2 Å². The summed E-state index contributed by atoms with van der Waals surface area (Å²) in [7, 11) is 0. The van der Waals surface area contributed by atoms with E-state index >= 15 is 0 Å². The van der Waals surface area contributed by atoms with E-state index in [1.165, 1.54) is 29.3 Å². The first-order valence-corrected chi connectivity index (χ1v) is 6.61. The number of hydrogen-bond donors (Lipinski definition) is 0. The number of halogens is 1. The Hall–Kier alpha value is -0.320. The Balaban J connectivity index is 2.20. The molecule has 2 rings (SSSR count). The Morgan fingerprint density at radius 2 is 2.13 bits per heavy atom. The van der Waals surface area contributed by atoms with Crippen molar-refractivity contribution in [1.82, 2.24) is 4.57 Å². The molecule has 0 aromatic carbocycles. The van der Waals surface area contributed by atoms with Gasteiger partial charge < -0.3 is 4.57 Å². The lowest BCUT2D eigenvalue weighted by Gasteiger charge is -2.12. The zero-order chi connectivity index (χ0) is 10.8. The van der Waals surface area contributed by atoms with Crippen LogP contribution in [0.2, 0.25) is 0 Å². The molecule has 1 aliphatic carbocycles. The first kappa shape index (κ1) is 11.2. The van der Waals surface area contributed by atoms with Gasteiger partial charge in [-0.25, -0.2) is 0 Å². The number of aromatic nitrogens is 1. The highest BCUT2D eigenvalue weighted by Crippen LogP contribution is 2.25. The molecule has 1 aromatic rings. The number of aryl methyl sites for hydroxylation is 1. The Morgan fingerprint density at radius 3 is 2.80 bits per heavy atom. The average molecular weight is 317 g/mol. The molecule has 1 saturated carbocycles. The van der Waals surface area contributed by atoms with Gasteiger partial charge >= 0.3 is 0 Å². The maximum absolute atomic E-state index is 11.7. The van der Waals surface area contributed by atoms with Crippen LogP contribution in [-0.2, 0) is 6.54 Å². The molecule has 0 N–H and O–H groups in total. The van der Waals surface area contributed by atoms with Crippen LogP contribution >= 0.6 is 22.6 Å². The van der Waals surface area contributed by atoms with E-state index in [9.17, 15) is 4.79 Å². The maximum atomic E-state index is 11.7. The number of hydrogen-bond acceptors (Lipinski definition) is 1. The summed E-state index contributed by atoms with van der Waals surface area (Å²) in [5.41, 5.74) is 1.24. The minimum absolute atomic E-state index is 0.153. The van der Waals surface area contributed by atoms with Gasteiger partial charge in [-0.05, 0) is 53.8 Å². The van der Waals surface area contributed by atoms with E-state index < -0.39 is 0 Å². The van der Waals surface area contributed by atoms with Gasteiger partial charge in [0.15, 0.2) is 0 Å². The van der Waals surface area contributed by atoms with Crippen molar-refractivity contribution in [2.45, 2.75) is 39.2 Å². The minimum Gasteiger partial charge on any atom is -0.314 e. The highest BCUT2D eigenvalue weighted by Gasteiger charge is 2.16. The van der Waals surface area contributed by atoms with Crippen LogP contribution in [0.3, 0.4) is 0 Å². The van der Waals surface area contributed by atoms with Gasteiger partial charge in [0.25, 0.3) is 5.56 Å². The fraction of sp³-hybridized carbons (Fsp3) is 0.583.